The number of carbonyl (C=O) groups excluding carboxylic acids is 2. The molecule has 0 radical (unpaired) electrons. The minimum absolute atomic E-state index is 0.0115. The maximum absolute atomic E-state index is 12.6. The van der Waals surface area contributed by atoms with Gasteiger partial charge in [0.05, 0.1) is 24.6 Å². The van der Waals surface area contributed by atoms with E-state index in [-0.39, 0.29) is 23.7 Å². The highest BCUT2D eigenvalue weighted by Gasteiger charge is 2.61. The zero-order chi connectivity index (χ0) is 13.9. The number of anilines is 1. The number of nitrogens with zero attached hydrogens (tertiary/aromatic N) is 1. The lowest BCUT2D eigenvalue weighted by Gasteiger charge is -2.19. The van der Waals surface area contributed by atoms with Gasteiger partial charge in [-0.25, -0.2) is 0 Å². The van der Waals surface area contributed by atoms with Crippen LogP contribution in [0.3, 0.4) is 0 Å². The molecule has 0 aromatic heterocycles. The molecule has 0 unspecified atom stereocenters. The standard InChI is InChI=1S/C16H17NO3/c1-20-12-6-4-11(5-7-12)17-15(18)13-9-2-3-10(8-9)14(13)16(17)19/h4-7,9-10,13-14H,2-3,8H2,1H3/t9-,10-,13-,14-/m0/s1. The van der Waals surface area contributed by atoms with E-state index in [1.54, 1.807) is 31.4 Å². The summed E-state index contributed by atoms with van der Waals surface area (Å²) in [4.78, 5) is 26.6. The lowest BCUT2D eigenvalue weighted by molar-refractivity contribution is -0.123. The van der Waals surface area contributed by atoms with Gasteiger partial charge in [-0.05, 0) is 55.4 Å². The van der Waals surface area contributed by atoms with Gasteiger partial charge in [-0.2, -0.15) is 0 Å². The van der Waals surface area contributed by atoms with Crippen LogP contribution < -0.4 is 9.64 Å². The average molecular weight is 271 g/mol. The summed E-state index contributed by atoms with van der Waals surface area (Å²) in [5.41, 5.74) is 0.676. The molecule has 3 fully saturated rings. The molecular weight excluding hydrogens is 254 g/mol. The van der Waals surface area contributed by atoms with Gasteiger partial charge in [0.2, 0.25) is 11.8 Å². The van der Waals surface area contributed by atoms with Gasteiger partial charge < -0.3 is 4.74 Å². The van der Waals surface area contributed by atoms with Gasteiger partial charge in [0.15, 0.2) is 0 Å². The van der Waals surface area contributed by atoms with Crippen molar-refractivity contribution < 1.29 is 14.3 Å². The van der Waals surface area contributed by atoms with Gasteiger partial charge in [-0.3, -0.25) is 14.5 Å². The van der Waals surface area contributed by atoms with Crippen LogP contribution in [-0.4, -0.2) is 18.9 Å². The zero-order valence-corrected chi connectivity index (χ0v) is 11.4. The summed E-state index contributed by atoms with van der Waals surface area (Å²) in [6.07, 6.45) is 3.30. The van der Waals surface area contributed by atoms with Gasteiger partial charge in [-0.15, -0.1) is 0 Å². The highest BCUT2D eigenvalue weighted by molar-refractivity contribution is 6.22. The van der Waals surface area contributed by atoms with Gasteiger partial charge in [0, 0.05) is 0 Å². The zero-order valence-electron chi connectivity index (χ0n) is 11.4. The number of carbonyl (C=O) groups is 2. The van der Waals surface area contributed by atoms with Crippen molar-refractivity contribution in [3.8, 4) is 5.75 Å². The maximum atomic E-state index is 12.6. The van der Waals surface area contributed by atoms with E-state index >= 15 is 0 Å². The summed E-state index contributed by atoms with van der Waals surface area (Å²) < 4.78 is 5.12. The number of fused-ring (bicyclic) bond motifs is 5. The van der Waals surface area contributed by atoms with Crippen LogP contribution in [0.4, 0.5) is 5.69 Å². The first kappa shape index (κ1) is 11.9. The van der Waals surface area contributed by atoms with E-state index < -0.39 is 0 Å². The van der Waals surface area contributed by atoms with E-state index in [9.17, 15) is 9.59 Å². The lowest BCUT2D eigenvalue weighted by Crippen LogP contribution is -2.32. The summed E-state index contributed by atoms with van der Waals surface area (Å²) in [5.74, 6) is 1.52. The first-order valence-corrected chi connectivity index (χ1v) is 7.22. The minimum atomic E-state index is -0.0525. The van der Waals surface area contributed by atoms with Crippen LogP contribution in [0.1, 0.15) is 19.3 Å². The third-order valence-corrected chi connectivity index (χ3v) is 5.26. The number of rotatable bonds is 2. The van der Waals surface area contributed by atoms with Gasteiger partial charge in [0.1, 0.15) is 5.75 Å². The number of ether oxygens (including phenoxy) is 1. The molecule has 4 atom stereocenters. The van der Waals surface area contributed by atoms with Gasteiger partial charge in [0.25, 0.3) is 0 Å². The Labute approximate surface area is 117 Å². The Morgan fingerprint density at radius 1 is 1.00 bits per heavy atom. The molecule has 1 saturated heterocycles. The molecule has 0 spiro atoms. The number of imide groups is 1. The maximum Gasteiger partial charge on any atom is 0.237 e. The fourth-order valence-corrected chi connectivity index (χ4v) is 4.39. The lowest BCUT2D eigenvalue weighted by atomic mass is 9.81. The van der Waals surface area contributed by atoms with Crippen LogP contribution in [0.5, 0.6) is 5.75 Å². The first-order chi connectivity index (χ1) is 9.70. The summed E-state index contributed by atoms with van der Waals surface area (Å²) in [7, 11) is 1.60. The van der Waals surface area contributed by atoms with Crippen LogP contribution in [0.2, 0.25) is 0 Å². The van der Waals surface area contributed by atoms with Crippen molar-refractivity contribution in [2.24, 2.45) is 23.7 Å². The molecule has 2 bridgehead atoms. The topological polar surface area (TPSA) is 46.6 Å². The Morgan fingerprint density at radius 2 is 1.55 bits per heavy atom. The SMILES string of the molecule is COc1ccc(N2C(=O)[C@H]3[C@H]4CC[C@@H](C4)[C@@H]3C2=O)cc1. The van der Waals surface area contributed by atoms with Crippen molar-refractivity contribution in [2.45, 2.75) is 19.3 Å². The molecule has 4 heteroatoms. The van der Waals surface area contributed by atoms with Gasteiger partial charge >= 0.3 is 0 Å². The van der Waals surface area contributed by atoms with Crippen molar-refractivity contribution in [1.82, 2.24) is 0 Å². The van der Waals surface area contributed by atoms with Crippen molar-refractivity contribution >= 4 is 17.5 Å². The third-order valence-electron chi connectivity index (χ3n) is 5.26. The molecule has 2 aliphatic carbocycles. The van der Waals surface area contributed by atoms with E-state index in [2.05, 4.69) is 0 Å². The third kappa shape index (κ3) is 1.42. The molecular formula is C16H17NO3. The number of benzene rings is 1. The fourth-order valence-electron chi connectivity index (χ4n) is 4.39. The van der Waals surface area contributed by atoms with Crippen molar-refractivity contribution in [3.63, 3.8) is 0 Å². The molecule has 0 N–H and O–H groups in total. The highest BCUT2D eigenvalue weighted by atomic mass is 16.5. The van der Waals surface area contributed by atoms with Crippen LogP contribution in [0.15, 0.2) is 24.3 Å². The molecule has 2 saturated carbocycles. The second kappa shape index (κ2) is 4.08. The smallest absolute Gasteiger partial charge is 0.237 e. The van der Waals surface area contributed by atoms with Crippen molar-refractivity contribution in [2.75, 3.05) is 12.0 Å². The second-order valence-corrected chi connectivity index (χ2v) is 6.09. The summed E-state index contributed by atoms with van der Waals surface area (Å²) in [5, 5.41) is 0. The summed E-state index contributed by atoms with van der Waals surface area (Å²) >= 11 is 0. The number of hydrogen-bond acceptors (Lipinski definition) is 3. The molecule has 1 aromatic carbocycles. The van der Waals surface area contributed by atoms with E-state index in [0.717, 1.165) is 25.0 Å². The van der Waals surface area contributed by atoms with Crippen molar-refractivity contribution in [3.05, 3.63) is 24.3 Å². The molecule has 104 valence electrons. The number of methoxy groups -OCH3 is 1. The molecule has 3 aliphatic rings. The Morgan fingerprint density at radius 3 is 2.05 bits per heavy atom. The fraction of sp³-hybridized carbons (Fsp3) is 0.500. The van der Waals surface area contributed by atoms with Crippen molar-refractivity contribution in [1.29, 1.82) is 0 Å². The monoisotopic (exact) mass is 271 g/mol. The van der Waals surface area contributed by atoms with Crippen LogP contribution in [-0.2, 0) is 9.59 Å². The largest absolute Gasteiger partial charge is 0.497 e. The normalized spacial score (nSPS) is 34.8. The number of hydrogen-bond donors (Lipinski definition) is 0. The molecule has 1 aliphatic heterocycles. The van der Waals surface area contributed by atoms with Crippen LogP contribution in [0, 0.1) is 23.7 Å². The molecule has 4 rings (SSSR count). The summed E-state index contributed by atoms with van der Waals surface area (Å²) in [6.45, 7) is 0. The summed E-state index contributed by atoms with van der Waals surface area (Å²) in [6, 6.07) is 7.16. The Balaban J connectivity index is 1.69. The first-order valence-electron chi connectivity index (χ1n) is 7.22. The molecule has 4 nitrogen and oxygen atoms in total. The highest BCUT2D eigenvalue weighted by Crippen LogP contribution is 2.56. The number of amides is 2. The van der Waals surface area contributed by atoms with E-state index in [1.807, 2.05) is 0 Å². The van der Waals surface area contributed by atoms with Crippen LogP contribution in [0.25, 0.3) is 0 Å². The molecule has 1 aromatic rings. The predicted molar refractivity (Wildman–Crippen MR) is 73.3 cm³/mol. The Hall–Kier alpha value is -1.84. The Bertz CT molecular complexity index is 552. The predicted octanol–water partition coefficient (Wildman–Crippen LogP) is 2.23. The van der Waals surface area contributed by atoms with Crippen LogP contribution >= 0.6 is 0 Å². The van der Waals surface area contributed by atoms with E-state index in [4.69, 9.17) is 4.74 Å². The second-order valence-electron chi connectivity index (χ2n) is 6.09. The molecule has 1 heterocycles. The average Bonchev–Trinajstić information content (AvgIpc) is 3.14. The quantitative estimate of drug-likeness (QED) is 0.775. The Kier molecular flexibility index (Phi) is 2.43. The van der Waals surface area contributed by atoms with E-state index in [1.165, 1.54) is 4.90 Å². The molecule has 2 amide bonds. The molecule has 20 heavy (non-hydrogen) atoms. The minimum Gasteiger partial charge on any atom is -0.497 e. The van der Waals surface area contributed by atoms with E-state index in [0.29, 0.717) is 17.5 Å². The van der Waals surface area contributed by atoms with Gasteiger partial charge in [-0.1, -0.05) is 0 Å².